The average molecular weight is 309 g/mol. The minimum atomic E-state index is -0.281. The summed E-state index contributed by atoms with van der Waals surface area (Å²) in [6, 6.07) is 7.74. The highest BCUT2D eigenvalue weighted by molar-refractivity contribution is 8.14. The summed E-state index contributed by atoms with van der Waals surface area (Å²) in [5, 5.41) is 4.81. The minimum absolute atomic E-state index is 0.281. The zero-order valence-electron chi connectivity index (χ0n) is 11.2. The first kappa shape index (κ1) is 14.0. The van der Waals surface area contributed by atoms with Gasteiger partial charge in [-0.05, 0) is 30.5 Å². The highest BCUT2D eigenvalue weighted by Gasteiger charge is 2.44. The van der Waals surface area contributed by atoms with Crippen LogP contribution in [0.1, 0.15) is 24.8 Å². The van der Waals surface area contributed by atoms with Gasteiger partial charge >= 0.3 is 0 Å². The van der Waals surface area contributed by atoms with Gasteiger partial charge in [0.05, 0.1) is 17.7 Å². The maximum atomic E-state index is 12.7. The summed E-state index contributed by atoms with van der Waals surface area (Å²) in [4.78, 5) is 17.0. The Morgan fingerprint density at radius 2 is 2.10 bits per heavy atom. The molecule has 0 spiro atoms. The predicted molar refractivity (Wildman–Crippen MR) is 84.8 cm³/mol. The smallest absolute Gasteiger partial charge is 0.157 e. The average Bonchev–Trinajstić information content (AvgIpc) is 2.90. The summed E-state index contributed by atoms with van der Waals surface area (Å²) in [6.45, 7) is 1.71. The largest absolute Gasteiger partial charge is 0.363 e. The van der Waals surface area contributed by atoms with E-state index < -0.39 is 0 Å². The van der Waals surface area contributed by atoms with Gasteiger partial charge in [0.25, 0.3) is 0 Å². The SMILES string of the molecule is O=C(CSC1=NCCN1)C1(c2ccc(Cl)cc2)CCC1. The molecule has 1 saturated carbocycles. The lowest BCUT2D eigenvalue weighted by molar-refractivity contribution is -0.124. The van der Waals surface area contributed by atoms with Gasteiger partial charge in [-0.25, -0.2) is 0 Å². The maximum Gasteiger partial charge on any atom is 0.157 e. The number of rotatable bonds is 4. The lowest BCUT2D eigenvalue weighted by atomic mass is 9.62. The first-order chi connectivity index (χ1) is 9.71. The summed E-state index contributed by atoms with van der Waals surface area (Å²) >= 11 is 7.47. The van der Waals surface area contributed by atoms with Gasteiger partial charge in [-0.2, -0.15) is 0 Å². The molecule has 0 radical (unpaired) electrons. The standard InChI is InChI=1S/C15H17ClN2OS/c16-12-4-2-11(3-5-12)15(6-1-7-15)13(19)10-20-14-17-8-9-18-14/h2-5H,1,6-10H2,(H,17,18). The van der Waals surface area contributed by atoms with Gasteiger partial charge in [0.1, 0.15) is 0 Å². The van der Waals surface area contributed by atoms with Gasteiger partial charge in [0, 0.05) is 11.6 Å². The second kappa shape index (κ2) is 5.78. The fraction of sp³-hybridized carbons (Fsp3) is 0.467. The van der Waals surface area contributed by atoms with Gasteiger partial charge in [-0.1, -0.05) is 41.9 Å². The van der Waals surface area contributed by atoms with Crippen LogP contribution in [0.15, 0.2) is 29.3 Å². The molecule has 1 fully saturated rings. The Morgan fingerprint density at radius 1 is 1.35 bits per heavy atom. The van der Waals surface area contributed by atoms with Crippen molar-refractivity contribution in [1.29, 1.82) is 0 Å². The number of amidine groups is 1. The Kier molecular flexibility index (Phi) is 4.03. The zero-order chi connectivity index (χ0) is 14.0. The number of nitrogens with one attached hydrogen (secondary N) is 1. The molecule has 1 heterocycles. The number of ketones is 1. The fourth-order valence-electron chi connectivity index (χ4n) is 2.77. The molecular formula is C15H17ClN2OS. The highest BCUT2D eigenvalue weighted by Crippen LogP contribution is 2.45. The lowest BCUT2D eigenvalue weighted by Crippen LogP contribution is -2.43. The second-order valence-electron chi connectivity index (χ2n) is 5.27. The molecule has 0 amide bonds. The number of Topliss-reactive ketones (excluding diaryl/α,β-unsaturated/α-hetero) is 1. The normalized spacial score (nSPS) is 19.9. The van der Waals surface area contributed by atoms with Crippen LogP contribution in [0.4, 0.5) is 0 Å². The quantitative estimate of drug-likeness (QED) is 0.929. The fourth-order valence-corrected chi connectivity index (χ4v) is 3.83. The summed E-state index contributed by atoms with van der Waals surface area (Å²) in [7, 11) is 0. The molecule has 1 aromatic carbocycles. The number of hydrogen-bond acceptors (Lipinski definition) is 4. The topological polar surface area (TPSA) is 41.5 Å². The molecule has 0 atom stereocenters. The van der Waals surface area contributed by atoms with Crippen molar-refractivity contribution in [2.75, 3.05) is 18.8 Å². The second-order valence-corrected chi connectivity index (χ2v) is 6.67. The van der Waals surface area contributed by atoms with E-state index in [9.17, 15) is 4.79 Å². The van der Waals surface area contributed by atoms with Crippen LogP contribution in [0.3, 0.4) is 0 Å². The van der Waals surface area contributed by atoms with Crippen LogP contribution >= 0.6 is 23.4 Å². The van der Waals surface area contributed by atoms with Crippen molar-refractivity contribution in [1.82, 2.24) is 5.32 Å². The van der Waals surface area contributed by atoms with Crippen LogP contribution in [0.2, 0.25) is 5.02 Å². The number of benzene rings is 1. The van der Waals surface area contributed by atoms with E-state index in [1.807, 2.05) is 24.3 Å². The summed E-state index contributed by atoms with van der Waals surface area (Å²) in [5.74, 6) is 0.807. The monoisotopic (exact) mass is 308 g/mol. The van der Waals surface area contributed by atoms with Crippen molar-refractivity contribution in [2.24, 2.45) is 4.99 Å². The first-order valence-electron chi connectivity index (χ1n) is 6.91. The number of hydrogen-bond donors (Lipinski definition) is 1. The third kappa shape index (κ3) is 2.59. The van der Waals surface area contributed by atoms with E-state index in [2.05, 4.69) is 10.3 Å². The van der Waals surface area contributed by atoms with Crippen molar-refractivity contribution < 1.29 is 4.79 Å². The van der Waals surface area contributed by atoms with E-state index in [1.54, 1.807) is 0 Å². The van der Waals surface area contributed by atoms with E-state index in [4.69, 9.17) is 11.6 Å². The molecule has 2 aliphatic rings. The van der Waals surface area contributed by atoms with Crippen LogP contribution in [-0.2, 0) is 10.2 Å². The van der Waals surface area contributed by atoms with Crippen molar-refractivity contribution in [3.05, 3.63) is 34.9 Å². The number of halogens is 1. The van der Waals surface area contributed by atoms with Gasteiger partial charge in [0.2, 0.25) is 0 Å². The highest BCUT2D eigenvalue weighted by atomic mass is 35.5. The van der Waals surface area contributed by atoms with Gasteiger partial charge in [-0.15, -0.1) is 0 Å². The van der Waals surface area contributed by atoms with Gasteiger partial charge < -0.3 is 5.32 Å². The lowest BCUT2D eigenvalue weighted by Gasteiger charge is -2.41. The van der Waals surface area contributed by atoms with Crippen molar-refractivity contribution in [3.8, 4) is 0 Å². The van der Waals surface area contributed by atoms with Crippen molar-refractivity contribution in [3.63, 3.8) is 0 Å². The molecule has 1 aromatic rings. The summed E-state index contributed by atoms with van der Waals surface area (Å²) in [6.07, 6.45) is 3.03. The first-order valence-corrected chi connectivity index (χ1v) is 8.27. The number of aliphatic imine (C=N–C) groups is 1. The Hall–Kier alpha value is -1.00. The van der Waals surface area contributed by atoms with E-state index in [-0.39, 0.29) is 5.41 Å². The molecule has 20 heavy (non-hydrogen) atoms. The number of carbonyl (C=O) groups is 1. The molecule has 0 unspecified atom stereocenters. The molecule has 106 valence electrons. The molecule has 5 heteroatoms. The molecule has 3 nitrogen and oxygen atoms in total. The van der Waals surface area contributed by atoms with Crippen LogP contribution in [0.25, 0.3) is 0 Å². The van der Waals surface area contributed by atoms with Crippen molar-refractivity contribution in [2.45, 2.75) is 24.7 Å². The third-order valence-corrected chi connectivity index (χ3v) is 5.33. The van der Waals surface area contributed by atoms with Crippen molar-refractivity contribution >= 4 is 34.3 Å². The van der Waals surface area contributed by atoms with E-state index in [0.29, 0.717) is 11.5 Å². The van der Waals surface area contributed by atoms with Crippen LogP contribution < -0.4 is 5.32 Å². The van der Waals surface area contributed by atoms with Crippen LogP contribution in [0, 0.1) is 0 Å². The molecule has 1 N–H and O–H groups in total. The van der Waals surface area contributed by atoms with Gasteiger partial charge in [-0.3, -0.25) is 9.79 Å². The Balaban J connectivity index is 1.71. The predicted octanol–water partition coefficient (Wildman–Crippen LogP) is 3.02. The number of carbonyl (C=O) groups excluding carboxylic acids is 1. The number of nitrogens with zero attached hydrogens (tertiary/aromatic N) is 1. The van der Waals surface area contributed by atoms with Crippen LogP contribution in [0.5, 0.6) is 0 Å². The van der Waals surface area contributed by atoms with Crippen LogP contribution in [-0.4, -0.2) is 29.8 Å². The molecule has 0 saturated heterocycles. The van der Waals surface area contributed by atoms with E-state index in [0.717, 1.165) is 48.1 Å². The Bertz CT molecular complexity index is 537. The summed E-state index contributed by atoms with van der Waals surface area (Å²) < 4.78 is 0. The maximum absolute atomic E-state index is 12.7. The zero-order valence-corrected chi connectivity index (χ0v) is 12.8. The molecule has 1 aliphatic heterocycles. The Labute approximate surface area is 128 Å². The minimum Gasteiger partial charge on any atom is -0.363 e. The molecular weight excluding hydrogens is 292 g/mol. The third-order valence-electron chi connectivity index (χ3n) is 4.12. The molecule has 1 aliphatic carbocycles. The van der Waals surface area contributed by atoms with E-state index >= 15 is 0 Å². The Morgan fingerprint density at radius 3 is 2.65 bits per heavy atom. The van der Waals surface area contributed by atoms with E-state index in [1.165, 1.54) is 11.8 Å². The summed E-state index contributed by atoms with van der Waals surface area (Å²) in [5.41, 5.74) is 0.830. The van der Waals surface area contributed by atoms with Gasteiger partial charge in [0.15, 0.2) is 11.0 Å². The number of thioether (sulfide) groups is 1. The molecule has 3 rings (SSSR count). The molecule has 0 bridgehead atoms. The molecule has 0 aromatic heterocycles.